The minimum absolute atomic E-state index is 0.0691. The number of rotatable bonds is 5. The van der Waals surface area contributed by atoms with E-state index in [1.54, 1.807) is 6.92 Å². The minimum Gasteiger partial charge on any atom is -0.478 e. The fourth-order valence-electron chi connectivity index (χ4n) is 1.94. The summed E-state index contributed by atoms with van der Waals surface area (Å²) in [6, 6.07) is -0.337. The monoisotopic (exact) mass is 256 g/mol. The predicted molar refractivity (Wildman–Crippen MR) is 66.3 cm³/mol. The van der Waals surface area contributed by atoms with E-state index in [2.05, 4.69) is 5.32 Å². The van der Waals surface area contributed by atoms with Gasteiger partial charge in [0.25, 0.3) is 0 Å². The summed E-state index contributed by atoms with van der Waals surface area (Å²) in [5, 5.41) is 11.4. The van der Waals surface area contributed by atoms with Crippen molar-refractivity contribution in [1.82, 2.24) is 10.2 Å². The van der Waals surface area contributed by atoms with Gasteiger partial charge in [0.2, 0.25) is 5.91 Å². The maximum atomic E-state index is 11.8. The highest BCUT2D eigenvalue weighted by molar-refractivity contribution is 5.82. The molecule has 1 saturated heterocycles. The maximum absolute atomic E-state index is 11.8. The van der Waals surface area contributed by atoms with Crippen LogP contribution in [-0.4, -0.2) is 60.8 Å². The Balaban J connectivity index is 2.65. The van der Waals surface area contributed by atoms with Crippen molar-refractivity contribution in [3.8, 4) is 0 Å². The van der Waals surface area contributed by atoms with Crippen molar-refractivity contribution in [2.75, 3.05) is 32.8 Å². The molecule has 0 spiro atoms. The molecule has 102 valence electrons. The second-order valence-corrected chi connectivity index (χ2v) is 4.28. The number of amides is 1. The minimum atomic E-state index is -0.963. The normalized spacial score (nSPS) is 21.7. The van der Waals surface area contributed by atoms with Crippen molar-refractivity contribution >= 4 is 11.9 Å². The van der Waals surface area contributed by atoms with Crippen LogP contribution < -0.4 is 5.32 Å². The Morgan fingerprint density at radius 2 is 2.28 bits per heavy atom. The number of nitrogens with one attached hydrogen (secondary N) is 1. The van der Waals surface area contributed by atoms with Gasteiger partial charge in [-0.05, 0) is 13.8 Å². The number of likely N-dealkylation sites (N-methyl/N-ethyl adjacent to an activating group) is 1. The summed E-state index contributed by atoms with van der Waals surface area (Å²) in [5.74, 6) is -1.03. The van der Waals surface area contributed by atoms with Crippen molar-refractivity contribution in [3.05, 3.63) is 11.6 Å². The van der Waals surface area contributed by atoms with Crippen LogP contribution in [0.4, 0.5) is 0 Å². The zero-order chi connectivity index (χ0) is 13.5. The molecule has 0 radical (unpaired) electrons. The van der Waals surface area contributed by atoms with Crippen molar-refractivity contribution in [2.45, 2.75) is 19.9 Å². The lowest BCUT2D eigenvalue weighted by Crippen LogP contribution is -2.54. The topological polar surface area (TPSA) is 78.9 Å². The van der Waals surface area contributed by atoms with Gasteiger partial charge in [0, 0.05) is 25.7 Å². The number of carbonyl (C=O) groups excluding carboxylic acids is 1. The fraction of sp³-hybridized carbons (Fsp3) is 0.667. The number of hydrogen-bond acceptors (Lipinski definition) is 4. The highest BCUT2D eigenvalue weighted by atomic mass is 16.5. The van der Waals surface area contributed by atoms with Gasteiger partial charge in [-0.2, -0.15) is 0 Å². The molecule has 1 fully saturated rings. The Hall–Kier alpha value is -1.40. The molecule has 0 aromatic heterocycles. The molecule has 6 heteroatoms. The molecule has 0 saturated carbocycles. The Bertz CT molecular complexity index is 341. The van der Waals surface area contributed by atoms with E-state index in [0.29, 0.717) is 32.8 Å². The summed E-state index contributed by atoms with van der Waals surface area (Å²) in [4.78, 5) is 24.4. The largest absolute Gasteiger partial charge is 0.478 e. The van der Waals surface area contributed by atoms with Crippen LogP contribution in [0.25, 0.3) is 0 Å². The average molecular weight is 256 g/mol. The quantitative estimate of drug-likeness (QED) is 0.669. The van der Waals surface area contributed by atoms with E-state index < -0.39 is 5.97 Å². The Morgan fingerprint density at radius 1 is 1.56 bits per heavy atom. The van der Waals surface area contributed by atoms with Crippen molar-refractivity contribution in [1.29, 1.82) is 0 Å². The smallest absolute Gasteiger partial charge is 0.328 e. The van der Waals surface area contributed by atoms with E-state index in [-0.39, 0.29) is 11.9 Å². The van der Waals surface area contributed by atoms with Crippen molar-refractivity contribution in [2.24, 2.45) is 0 Å². The van der Waals surface area contributed by atoms with Crippen LogP contribution in [0.1, 0.15) is 13.8 Å². The Labute approximate surface area is 107 Å². The second-order valence-electron chi connectivity index (χ2n) is 4.28. The van der Waals surface area contributed by atoms with E-state index in [9.17, 15) is 9.59 Å². The maximum Gasteiger partial charge on any atom is 0.328 e. The van der Waals surface area contributed by atoms with Crippen LogP contribution in [0.15, 0.2) is 11.6 Å². The molecule has 0 bridgehead atoms. The fourth-order valence-corrected chi connectivity index (χ4v) is 1.94. The molecule has 1 heterocycles. The molecular formula is C12H20N2O4. The SMILES string of the molecule is CCNC(=O)C1COCCN1CC(C)=CC(=O)O. The van der Waals surface area contributed by atoms with E-state index in [0.717, 1.165) is 5.57 Å². The molecule has 0 aliphatic carbocycles. The van der Waals surface area contributed by atoms with Crippen LogP contribution in [0, 0.1) is 0 Å². The van der Waals surface area contributed by atoms with Crippen LogP contribution in [0.5, 0.6) is 0 Å². The summed E-state index contributed by atoms with van der Waals surface area (Å²) in [6.45, 7) is 6.21. The van der Waals surface area contributed by atoms with Crippen LogP contribution in [0.2, 0.25) is 0 Å². The van der Waals surface area contributed by atoms with E-state index in [1.807, 2.05) is 11.8 Å². The Morgan fingerprint density at radius 3 is 2.89 bits per heavy atom. The summed E-state index contributed by atoms with van der Waals surface area (Å²) in [5.41, 5.74) is 0.721. The first-order chi connectivity index (χ1) is 8.54. The first-order valence-corrected chi connectivity index (χ1v) is 6.04. The van der Waals surface area contributed by atoms with Gasteiger partial charge in [0.15, 0.2) is 0 Å². The number of hydrogen-bond donors (Lipinski definition) is 2. The van der Waals surface area contributed by atoms with Crippen molar-refractivity contribution < 1.29 is 19.4 Å². The number of morpholine rings is 1. The molecule has 0 aromatic carbocycles. The van der Waals surface area contributed by atoms with Gasteiger partial charge in [-0.15, -0.1) is 0 Å². The zero-order valence-corrected chi connectivity index (χ0v) is 10.8. The van der Waals surface area contributed by atoms with Crippen LogP contribution >= 0.6 is 0 Å². The van der Waals surface area contributed by atoms with Crippen LogP contribution in [-0.2, 0) is 14.3 Å². The number of aliphatic carboxylic acids is 1. The molecule has 0 aromatic rings. The molecule has 2 N–H and O–H groups in total. The van der Waals surface area contributed by atoms with Gasteiger partial charge in [-0.1, -0.05) is 5.57 Å². The van der Waals surface area contributed by atoms with Gasteiger partial charge in [0.1, 0.15) is 6.04 Å². The van der Waals surface area contributed by atoms with Gasteiger partial charge < -0.3 is 15.2 Å². The predicted octanol–water partition coefficient (Wildman–Crippen LogP) is -0.146. The second kappa shape index (κ2) is 7.13. The molecule has 1 aliphatic rings. The lowest BCUT2D eigenvalue weighted by Gasteiger charge is -2.34. The standard InChI is InChI=1S/C12H20N2O4/c1-3-13-12(17)10-8-18-5-4-14(10)7-9(2)6-11(15)16/h6,10H,3-5,7-8H2,1-2H3,(H,13,17)(H,15,16). The lowest BCUT2D eigenvalue weighted by atomic mass is 10.1. The molecule has 1 aliphatic heterocycles. The first-order valence-electron chi connectivity index (χ1n) is 6.04. The summed E-state index contributed by atoms with van der Waals surface area (Å²) >= 11 is 0. The number of carboxylic acids is 1. The summed E-state index contributed by atoms with van der Waals surface area (Å²) in [6.07, 6.45) is 1.17. The van der Waals surface area contributed by atoms with Gasteiger partial charge >= 0.3 is 5.97 Å². The molecule has 1 atom stereocenters. The zero-order valence-electron chi connectivity index (χ0n) is 10.8. The number of ether oxygens (including phenoxy) is 1. The van der Waals surface area contributed by atoms with Crippen molar-refractivity contribution in [3.63, 3.8) is 0 Å². The number of carbonyl (C=O) groups is 2. The highest BCUT2D eigenvalue weighted by Gasteiger charge is 2.28. The number of carboxylic acid groups (broad SMARTS) is 1. The molecular weight excluding hydrogens is 236 g/mol. The number of nitrogens with zero attached hydrogens (tertiary/aromatic N) is 1. The molecule has 1 unspecified atom stereocenters. The summed E-state index contributed by atoms with van der Waals surface area (Å²) in [7, 11) is 0. The van der Waals surface area contributed by atoms with E-state index in [1.165, 1.54) is 6.08 Å². The summed E-state index contributed by atoms with van der Waals surface area (Å²) < 4.78 is 5.30. The highest BCUT2D eigenvalue weighted by Crippen LogP contribution is 2.10. The van der Waals surface area contributed by atoms with Gasteiger partial charge in [-0.3, -0.25) is 9.69 Å². The van der Waals surface area contributed by atoms with E-state index in [4.69, 9.17) is 9.84 Å². The molecule has 18 heavy (non-hydrogen) atoms. The third kappa shape index (κ3) is 4.46. The van der Waals surface area contributed by atoms with Gasteiger partial charge in [0.05, 0.1) is 13.2 Å². The third-order valence-corrected chi connectivity index (χ3v) is 2.72. The molecule has 1 amide bonds. The molecule has 1 rings (SSSR count). The molecule has 6 nitrogen and oxygen atoms in total. The van der Waals surface area contributed by atoms with Crippen LogP contribution in [0.3, 0.4) is 0 Å². The third-order valence-electron chi connectivity index (χ3n) is 2.72. The van der Waals surface area contributed by atoms with Gasteiger partial charge in [-0.25, -0.2) is 4.79 Å². The average Bonchev–Trinajstić information content (AvgIpc) is 2.28. The first kappa shape index (κ1) is 14.7. The van der Waals surface area contributed by atoms with E-state index >= 15 is 0 Å². The Kier molecular flexibility index (Phi) is 5.80. The lowest BCUT2D eigenvalue weighted by molar-refractivity contribution is -0.132.